The number of aromatic hydroxyl groups is 1. The molecule has 2 aliphatic rings. The number of thiophene rings is 1. The lowest BCUT2D eigenvalue weighted by Crippen LogP contribution is -2.44. The number of hydrogen-bond acceptors (Lipinski definition) is 5. The van der Waals surface area contributed by atoms with E-state index in [1.165, 1.54) is 27.0 Å². The number of benzene rings is 1. The molecule has 2 bridgehead atoms. The van der Waals surface area contributed by atoms with E-state index in [4.69, 9.17) is 0 Å². The van der Waals surface area contributed by atoms with Gasteiger partial charge in [0.25, 0.3) is 11.8 Å². The van der Waals surface area contributed by atoms with E-state index in [0.717, 1.165) is 10.6 Å². The Morgan fingerprint density at radius 3 is 2.67 bits per heavy atom. The van der Waals surface area contributed by atoms with Crippen molar-refractivity contribution in [2.24, 2.45) is 0 Å². The first-order chi connectivity index (χ1) is 15.8. The van der Waals surface area contributed by atoms with Gasteiger partial charge >= 0.3 is 0 Å². The lowest BCUT2D eigenvalue weighted by atomic mass is 10.1. The summed E-state index contributed by atoms with van der Waals surface area (Å²) in [4.78, 5) is 41.1. The van der Waals surface area contributed by atoms with Gasteiger partial charge in [-0.05, 0) is 24.3 Å². The molecule has 0 unspecified atom stereocenters. The quantitative estimate of drug-likeness (QED) is 0.609. The average molecular weight is 475 g/mol. The van der Waals surface area contributed by atoms with Crippen molar-refractivity contribution in [1.29, 1.82) is 0 Å². The molecule has 1 atom stereocenters. The molecule has 2 aromatic heterocycles. The van der Waals surface area contributed by atoms with Crippen molar-refractivity contribution < 1.29 is 27.9 Å². The van der Waals surface area contributed by atoms with Crippen LogP contribution < -0.4 is 15.6 Å². The summed E-state index contributed by atoms with van der Waals surface area (Å²) in [5.41, 5.74) is -1.58. The van der Waals surface area contributed by atoms with Gasteiger partial charge in [0, 0.05) is 41.9 Å². The molecule has 2 amide bonds. The van der Waals surface area contributed by atoms with Crippen LogP contribution in [-0.2, 0) is 13.0 Å². The third-order valence-electron chi connectivity index (χ3n) is 5.94. The molecule has 11 heteroatoms. The molecular weight excluding hydrogens is 459 g/mol. The van der Waals surface area contributed by atoms with Gasteiger partial charge in [-0.1, -0.05) is 0 Å². The number of pyridine rings is 1. The Morgan fingerprint density at radius 1 is 1.21 bits per heavy atom. The summed E-state index contributed by atoms with van der Waals surface area (Å²) in [6.07, 6.45) is 2.49. The van der Waals surface area contributed by atoms with Crippen LogP contribution in [0.15, 0.2) is 34.6 Å². The first kappa shape index (κ1) is 21.3. The summed E-state index contributed by atoms with van der Waals surface area (Å²) in [5.74, 6) is -5.88. The van der Waals surface area contributed by atoms with Crippen LogP contribution in [0, 0.1) is 17.5 Å². The lowest BCUT2D eigenvalue weighted by Gasteiger charge is -2.34. The summed E-state index contributed by atoms with van der Waals surface area (Å²) in [5, 5.41) is 14.7. The van der Waals surface area contributed by atoms with E-state index in [1.807, 2.05) is 11.4 Å². The molecule has 2 aliphatic heterocycles. The predicted octanol–water partition coefficient (Wildman–Crippen LogP) is 3.11. The molecule has 0 aliphatic carbocycles. The van der Waals surface area contributed by atoms with Gasteiger partial charge in [-0.25, -0.2) is 13.2 Å². The fourth-order valence-corrected chi connectivity index (χ4v) is 5.19. The van der Waals surface area contributed by atoms with Crippen molar-refractivity contribution in [2.75, 3.05) is 11.4 Å². The monoisotopic (exact) mass is 475 g/mol. The molecule has 0 fully saturated rings. The molecule has 33 heavy (non-hydrogen) atoms. The number of aryl methyl sites for hydroxylation is 1. The Hall–Kier alpha value is -3.60. The second-order valence-corrected chi connectivity index (χ2v) is 8.84. The van der Waals surface area contributed by atoms with Crippen molar-refractivity contribution in [1.82, 2.24) is 9.88 Å². The SMILES string of the molecule is O=C(NCc1c(F)cc(F)cc1F)c1cn2c(c(O)c1=O)C(=O)N1C[C@@H]2CCc2sccc21. The minimum atomic E-state index is -1.19. The van der Waals surface area contributed by atoms with Gasteiger partial charge in [0.2, 0.25) is 5.43 Å². The van der Waals surface area contributed by atoms with Gasteiger partial charge in [0.05, 0.1) is 11.7 Å². The topological polar surface area (TPSA) is 91.6 Å². The zero-order valence-electron chi connectivity index (χ0n) is 16.9. The number of nitrogens with zero attached hydrogens (tertiary/aromatic N) is 2. The Balaban J connectivity index is 1.49. The fraction of sp³-hybridized carbons (Fsp3) is 0.227. The highest BCUT2D eigenvalue weighted by molar-refractivity contribution is 7.10. The van der Waals surface area contributed by atoms with Crippen LogP contribution in [0.1, 0.15) is 43.7 Å². The number of rotatable bonds is 3. The van der Waals surface area contributed by atoms with Crippen LogP contribution in [0.5, 0.6) is 5.75 Å². The second kappa shape index (κ2) is 7.77. The Bertz CT molecular complexity index is 1360. The van der Waals surface area contributed by atoms with Gasteiger partial charge in [-0.3, -0.25) is 14.4 Å². The van der Waals surface area contributed by atoms with Crippen LogP contribution in [-0.4, -0.2) is 28.0 Å². The number of carbonyl (C=O) groups is 2. The normalized spacial score (nSPS) is 16.8. The van der Waals surface area contributed by atoms with Crippen molar-refractivity contribution >= 4 is 28.8 Å². The minimum absolute atomic E-state index is 0.206. The van der Waals surface area contributed by atoms with E-state index in [2.05, 4.69) is 5.32 Å². The van der Waals surface area contributed by atoms with Gasteiger partial charge in [-0.2, -0.15) is 0 Å². The Kier molecular flexibility index (Phi) is 5.00. The van der Waals surface area contributed by atoms with E-state index in [9.17, 15) is 32.7 Å². The number of fused-ring (bicyclic) bond motifs is 6. The number of nitrogens with one attached hydrogen (secondary N) is 1. The largest absolute Gasteiger partial charge is 0.503 e. The van der Waals surface area contributed by atoms with Gasteiger partial charge < -0.3 is 19.9 Å². The molecule has 170 valence electrons. The fourth-order valence-electron chi connectivity index (χ4n) is 4.29. The van der Waals surface area contributed by atoms with Crippen molar-refractivity contribution in [3.8, 4) is 5.75 Å². The predicted molar refractivity (Wildman–Crippen MR) is 113 cm³/mol. The molecule has 0 saturated heterocycles. The zero-order chi connectivity index (χ0) is 23.4. The first-order valence-corrected chi connectivity index (χ1v) is 10.9. The third kappa shape index (κ3) is 3.39. The molecule has 4 heterocycles. The highest BCUT2D eigenvalue weighted by Gasteiger charge is 2.38. The third-order valence-corrected chi connectivity index (χ3v) is 6.91. The molecule has 7 nitrogen and oxygen atoms in total. The summed E-state index contributed by atoms with van der Waals surface area (Å²) in [6.45, 7) is -0.333. The summed E-state index contributed by atoms with van der Waals surface area (Å²) < 4.78 is 42.2. The van der Waals surface area contributed by atoms with Gasteiger partial charge in [0.1, 0.15) is 23.0 Å². The molecule has 0 saturated carbocycles. The van der Waals surface area contributed by atoms with Crippen LogP contribution >= 0.6 is 11.3 Å². The standard InChI is InChI=1S/C22H16F3N3O4S/c23-10-5-14(24)12(15(25)6-10)7-26-21(31)13-9-27-11-1-2-17-16(3-4-33-17)28(8-11)22(32)18(27)20(30)19(13)29/h3-6,9,11,30H,1-2,7-8H2,(H,26,31)/t11-/m0/s1. The van der Waals surface area contributed by atoms with Gasteiger partial charge in [0.15, 0.2) is 11.4 Å². The Morgan fingerprint density at radius 2 is 1.94 bits per heavy atom. The molecule has 0 spiro atoms. The van der Waals surface area contributed by atoms with E-state index >= 15 is 0 Å². The average Bonchev–Trinajstić information content (AvgIpc) is 3.16. The second-order valence-electron chi connectivity index (χ2n) is 7.84. The van der Waals surface area contributed by atoms with Crippen LogP contribution in [0.2, 0.25) is 0 Å². The smallest absolute Gasteiger partial charge is 0.279 e. The van der Waals surface area contributed by atoms with Crippen molar-refractivity contribution in [3.05, 3.63) is 79.1 Å². The molecule has 1 aromatic carbocycles. The van der Waals surface area contributed by atoms with Gasteiger partial charge in [-0.15, -0.1) is 11.3 Å². The molecule has 3 aromatic rings. The van der Waals surface area contributed by atoms with Crippen LogP contribution in [0.4, 0.5) is 18.9 Å². The maximum absolute atomic E-state index is 13.9. The molecule has 0 radical (unpaired) electrons. The Labute approximate surface area is 188 Å². The highest BCUT2D eigenvalue weighted by Crippen LogP contribution is 2.39. The van der Waals surface area contributed by atoms with E-state index in [-0.39, 0.29) is 11.7 Å². The maximum atomic E-state index is 13.9. The highest BCUT2D eigenvalue weighted by atomic mass is 32.1. The molecule has 2 N–H and O–H groups in total. The van der Waals surface area contributed by atoms with Crippen LogP contribution in [0.25, 0.3) is 0 Å². The van der Waals surface area contributed by atoms with Crippen LogP contribution in [0.3, 0.4) is 0 Å². The summed E-state index contributed by atoms with van der Waals surface area (Å²) >= 11 is 1.52. The lowest BCUT2D eigenvalue weighted by molar-refractivity contribution is 0.0929. The first-order valence-electron chi connectivity index (χ1n) is 10.0. The number of halogens is 3. The number of carbonyl (C=O) groups excluding carboxylic acids is 2. The van der Waals surface area contributed by atoms with E-state index < -0.39 is 58.1 Å². The summed E-state index contributed by atoms with van der Waals surface area (Å²) in [6, 6.07) is 2.49. The maximum Gasteiger partial charge on any atom is 0.279 e. The molecular formula is C22H16F3N3O4S. The number of amides is 2. The van der Waals surface area contributed by atoms with E-state index in [1.54, 1.807) is 0 Å². The number of anilines is 1. The minimum Gasteiger partial charge on any atom is -0.503 e. The summed E-state index contributed by atoms with van der Waals surface area (Å²) in [7, 11) is 0. The van der Waals surface area contributed by atoms with E-state index in [0.29, 0.717) is 31.5 Å². The number of hydrogen-bond donors (Lipinski definition) is 2. The zero-order valence-corrected chi connectivity index (χ0v) is 17.7. The molecule has 5 rings (SSSR count). The van der Waals surface area contributed by atoms with Crippen molar-refractivity contribution in [3.63, 3.8) is 0 Å². The number of aromatic nitrogens is 1. The van der Waals surface area contributed by atoms with Crippen molar-refractivity contribution in [2.45, 2.75) is 25.4 Å².